The third-order valence-corrected chi connectivity index (χ3v) is 5.29. The fraction of sp³-hybridized carbons (Fsp3) is 0.304. The summed E-state index contributed by atoms with van der Waals surface area (Å²) in [5.41, 5.74) is 2.19. The highest BCUT2D eigenvalue weighted by Crippen LogP contribution is 2.28. The molecule has 0 aliphatic heterocycles. The second kappa shape index (κ2) is 11.9. The molecule has 6 nitrogen and oxygen atoms in total. The lowest BCUT2D eigenvalue weighted by Gasteiger charge is -2.13. The van der Waals surface area contributed by atoms with E-state index < -0.39 is 0 Å². The van der Waals surface area contributed by atoms with E-state index in [0.29, 0.717) is 47.3 Å². The third kappa shape index (κ3) is 7.02. The van der Waals surface area contributed by atoms with Crippen LogP contribution in [0.5, 0.6) is 11.5 Å². The highest BCUT2D eigenvalue weighted by Gasteiger charge is 2.10. The molecule has 3 rings (SSSR count). The summed E-state index contributed by atoms with van der Waals surface area (Å²) in [5, 5.41) is 12.4. The minimum absolute atomic E-state index is 0.458. The highest BCUT2D eigenvalue weighted by atomic mass is 35.5. The van der Waals surface area contributed by atoms with Gasteiger partial charge in [-0.1, -0.05) is 41.4 Å². The highest BCUT2D eigenvalue weighted by molar-refractivity contribution is 7.80. The minimum atomic E-state index is 0.458. The first-order chi connectivity index (χ1) is 15.5. The van der Waals surface area contributed by atoms with Gasteiger partial charge in [0.05, 0.1) is 19.8 Å². The molecule has 0 radical (unpaired) electrons. The lowest BCUT2D eigenvalue weighted by Crippen LogP contribution is -2.30. The molecule has 0 aliphatic rings. The Balaban J connectivity index is 1.51. The van der Waals surface area contributed by atoms with Gasteiger partial charge >= 0.3 is 0 Å². The van der Waals surface area contributed by atoms with E-state index in [1.165, 1.54) is 0 Å². The van der Waals surface area contributed by atoms with E-state index in [0.717, 1.165) is 29.0 Å². The van der Waals surface area contributed by atoms with E-state index in [4.69, 9.17) is 44.9 Å². The van der Waals surface area contributed by atoms with Gasteiger partial charge < -0.3 is 20.1 Å². The number of rotatable bonds is 10. The molecule has 2 aromatic carbocycles. The number of anilines is 1. The number of hydrogen-bond acceptors (Lipinski definition) is 4. The van der Waals surface area contributed by atoms with Gasteiger partial charge in [-0.2, -0.15) is 5.10 Å². The van der Waals surface area contributed by atoms with Crippen molar-refractivity contribution in [3.8, 4) is 11.5 Å². The standard InChI is InChI=1S/C23H26Cl2N4O2S/c1-3-30-20-10-7-16(13-21(20)31-4-2)11-12-26-23(32)27-22-19(25)15-29(28-22)14-17-5-8-18(24)9-6-17/h5-10,13,15H,3-4,11-12,14H2,1-2H3,(H2,26,27,28,32). The molecule has 0 saturated heterocycles. The van der Waals surface area contributed by atoms with Crippen LogP contribution in [0.4, 0.5) is 5.82 Å². The normalized spacial score (nSPS) is 10.6. The van der Waals surface area contributed by atoms with Crippen molar-refractivity contribution in [2.75, 3.05) is 25.1 Å². The average molecular weight is 493 g/mol. The Bertz CT molecular complexity index is 1040. The topological polar surface area (TPSA) is 60.3 Å². The summed E-state index contributed by atoms with van der Waals surface area (Å²) in [6.45, 7) is 6.32. The molecule has 32 heavy (non-hydrogen) atoms. The van der Waals surface area contributed by atoms with Crippen molar-refractivity contribution in [3.05, 3.63) is 69.8 Å². The lowest BCUT2D eigenvalue weighted by molar-refractivity contribution is 0.287. The molecule has 3 aromatic rings. The number of thiocarbonyl (C=S) groups is 1. The Morgan fingerprint density at radius 1 is 1.00 bits per heavy atom. The first kappa shape index (κ1) is 24.2. The maximum atomic E-state index is 6.32. The van der Waals surface area contributed by atoms with Crippen LogP contribution in [0.25, 0.3) is 0 Å². The van der Waals surface area contributed by atoms with Crippen molar-refractivity contribution >= 4 is 46.4 Å². The van der Waals surface area contributed by atoms with E-state index in [1.807, 2.05) is 56.3 Å². The first-order valence-corrected chi connectivity index (χ1v) is 11.6. The second-order valence-corrected chi connectivity index (χ2v) is 8.18. The molecular weight excluding hydrogens is 467 g/mol. The van der Waals surface area contributed by atoms with Gasteiger partial charge in [0.1, 0.15) is 5.02 Å². The summed E-state index contributed by atoms with van der Waals surface area (Å²) in [4.78, 5) is 0. The Kier molecular flexibility index (Phi) is 9.02. The fourth-order valence-corrected chi connectivity index (χ4v) is 3.59. The van der Waals surface area contributed by atoms with Crippen LogP contribution in [0.15, 0.2) is 48.7 Å². The van der Waals surface area contributed by atoms with Gasteiger partial charge in [0.2, 0.25) is 0 Å². The SMILES string of the molecule is CCOc1ccc(CCNC(=S)Nc2nn(Cc3ccc(Cl)cc3)cc2Cl)cc1OCC. The van der Waals surface area contributed by atoms with Gasteiger partial charge in [0, 0.05) is 17.8 Å². The Labute approximate surface area is 203 Å². The average Bonchev–Trinajstić information content (AvgIpc) is 3.10. The molecule has 0 fully saturated rings. The van der Waals surface area contributed by atoms with Crippen LogP contribution in [0.3, 0.4) is 0 Å². The maximum Gasteiger partial charge on any atom is 0.173 e. The van der Waals surface area contributed by atoms with Crippen LogP contribution in [-0.4, -0.2) is 34.7 Å². The molecule has 0 unspecified atom stereocenters. The van der Waals surface area contributed by atoms with Crippen LogP contribution >= 0.6 is 35.4 Å². The molecule has 0 saturated carbocycles. The van der Waals surface area contributed by atoms with E-state index in [9.17, 15) is 0 Å². The molecule has 0 bridgehead atoms. The van der Waals surface area contributed by atoms with E-state index in [-0.39, 0.29) is 0 Å². The van der Waals surface area contributed by atoms with Gasteiger partial charge in [-0.05, 0) is 67.9 Å². The van der Waals surface area contributed by atoms with Crippen molar-refractivity contribution in [3.63, 3.8) is 0 Å². The van der Waals surface area contributed by atoms with Gasteiger partial charge in [-0.25, -0.2) is 0 Å². The van der Waals surface area contributed by atoms with Gasteiger partial charge in [0.25, 0.3) is 0 Å². The minimum Gasteiger partial charge on any atom is -0.490 e. The molecule has 0 aliphatic carbocycles. The molecule has 0 spiro atoms. The van der Waals surface area contributed by atoms with Crippen molar-refractivity contribution in [2.45, 2.75) is 26.8 Å². The van der Waals surface area contributed by atoms with Crippen LogP contribution in [0.1, 0.15) is 25.0 Å². The lowest BCUT2D eigenvalue weighted by atomic mass is 10.1. The summed E-state index contributed by atoms with van der Waals surface area (Å²) >= 11 is 17.7. The number of benzene rings is 2. The summed E-state index contributed by atoms with van der Waals surface area (Å²) in [6.07, 6.45) is 2.53. The number of hydrogen-bond donors (Lipinski definition) is 2. The van der Waals surface area contributed by atoms with Crippen molar-refractivity contribution in [1.29, 1.82) is 0 Å². The molecule has 2 N–H and O–H groups in total. The summed E-state index contributed by atoms with van der Waals surface area (Å²) < 4.78 is 13.1. The predicted octanol–water partition coefficient (Wildman–Crippen LogP) is 5.56. The number of ether oxygens (including phenoxy) is 2. The largest absolute Gasteiger partial charge is 0.490 e. The van der Waals surface area contributed by atoms with E-state index in [1.54, 1.807) is 10.9 Å². The maximum absolute atomic E-state index is 6.32. The Morgan fingerprint density at radius 2 is 1.69 bits per heavy atom. The molecule has 170 valence electrons. The zero-order valence-corrected chi connectivity index (χ0v) is 20.4. The van der Waals surface area contributed by atoms with Crippen molar-refractivity contribution < 1.29 is 9.47 Å². The Morgan fingerprint density at radius 3 is 2.41 bits per heavy atom. The number of nitrogens with one attached hydrogen (secondary N) is 2. The van der Waals surface area contributed by atoms with E-state index >= 15 is 0 Å². The van der Waals surface area contributed by atoms with Gasteiger partial charge in [-0.3, -0.25) is 4.68 Å². The molecule has 0 atom stereocenters. The van der Waals surface area contributed by atoms with Crippen LogP contribution in [0.2, 0.25) is 10.0 Å². The first-order valence-electron chi connectivity index (χ1n) is 10.4. The molecular formula is C23H26Cl2N4O2S. The van der Waals surface area contributed by atoms with Crippen LogP contribution in [-0.2, 0) is 13.0 Å². The molecule has 0 amide bonds. The summed E-state index contributed by atoms with van der Waals surface area (Å²) in [7, 11) is 0. The fourth-order valence-electron chi connectivity index (χ4n) is 3.06. The van der Waals surface area contributed by atoms with Crippen molar-refractivity contribution in [2.24, 2.45) is 0 Å². The monoisotopic (exact) mass is 492 g/mol. The van der Waals surface area contributed by atoms with E-state index in [2.05, 4.69) is 15.7 Å². The number of nitrogens with zero attached hydrogens (tertiary/aromatic N) is 2. The molecule has 9 heteroatoms. The smallest absolute Gasteiger partial charge is 0.173 e. The summed E-state index contributed by atoms with van der Waals surface area (Å²) in [6, 6.07) is 13.6. The van der Waals surface area contributed by atoms with Crippen LogP contribution < -0.4 is 20.1 Å². The molecule has 1 heterocycles. The Hall–Kier alpha value is -2.48. The number of aromatic nitrogens is 2. The number of halogens is 2. The third-order valence-electron chi connectivity index (χ3n) is 4.51. The zero-order valence-electron chi connectivity index (χ0n) is 18.0. The predicted molar refractivity (Wildman–Crippen MR) is 134 cm³/mol. The quantitative estimate of drug-likeness (QED) is 0.361. The van der Waals surface area contributed by atoms with Crippen LogP contribution in [0, 0.1) is 0 Å². The second-order valence-electron chi connectivity index (χ2n) is 6.93. The van der Waals surface area contributed by atoms with Crippen molar-refractivity contribution in [1.82, 2.24) is 15.1 Å². The van der Waals surface area contributed by atoms with Gasteiger partial charge in [0.15, 0.2) is 22.4 Å². The van der Waals surface area contributed by atoms with Gasteiger partial charge in [-0.15, -0.1) is 0 Å². The molecule has 1 aromatic heterocycles. The zero-order chi connectivity index (χ0) is 22.9. The summed E-state index contributed by atoms with van der Waals surface area (Å²) in [5.74, 6) is 2.02.